The van der Waals surface area contributed by atoms with Crippen molar-refractivity contribution >= 4 is 0 Å². The number of ether oxygens (including phenoxy) is 2. The highest BCUT2D eigenvalue weighted by Gasteiger charge is 2.23. The molecular formula is C27H39NO2. The molecule has 0 aromatic heterocycles. The van der Waals surface area contributed by atoms with Crippen LogP contribution < -0.4 is 9.47 Å². The summed E-state index contributed by atoms with van der Waals surface area (Å²) in [5.74, 6) is 1.80. The molecular weight excluding hydrogens is 370 g/mol. The monoisotopic (exact) mass is 409 g/mol. The predicted octanol–water partition coefficient (Wildman–Crippen LogP) is 6.86. The van der Waals surface area contributed by atoms with Crippen LogP contribution in [0.3, 0.4) is 0 Å². The molecule has 1 aliphatic rings. The van der Waals surface area contributed by atoms with E-state index in [1.807, 2.05) is 42.5 Å². The van der Waals surface area contributed by atoms with Gasteiger partial charge in [0.25, 0.3) is 0 Å². The maximum atomic E-state index is 5.89. The molecule has 1 fully saturated rings. The van der Waals surface area contributed by atoms with Crippen molar-refractivity contribution in [1.29, 1.82) is 0 Å². The maximum absolute atomic E-state index is 5.89. The number of unbranched alkanes of at least 4 members (excludes halogenated alkanes) is 4. The molecule has 1 saturated heterocycles. The van der Waals surface area contributed by atoms with Crippen LogP contribution in [0, 0.1) is 0 Å². The number of hydrogen-bond donors (Lipinski definition) is 0. The third-order valence-corrected chi connectivity index (χ3v) is 6.28. The van der Waals surface area contributed by atoms with Gasteiger partial charge in [-0.05, 0) is 75.9 Å². The zero-order valence-corrected chi connectivity index (χ0v) is 18.9. The van der Waals surface area contributed by atoms with Crippen LogP contribution in [0.15, 0.2) is 54.6 Å². The molecule has 30 heavy (non-hydrogen) atoms. The second-order valence-corrected chi connectivity index (χ2v) is 8.73. The molecule has 0 bridgehead atoms. The molecule has 3 heteroatoms. The first-order chi connectivity index (χ1) is 14.7. The average Bonchev–Trinajstić information content (AvgIpc) is 2.77. The zero-order chi connectivity index (χ0) is 21.0. The number of benzene rings is 2. The molecule has 1 heterocycles. The fraction of sp³-hybridized carbons (Fsp3) is 0.556. The summed E-state index contributed by atoms with van der Waals surface area (Å²) in [6.45, 7) is 7.46. The normalized spacial score (nSPS) is 19.5. The Balaban J connectivity index is 1.22. The van der Waals surface area contributed by atoms with Crippen LogP contribution in [0.25, 0.3) is 0 Å². The molecule has 164 valence electrons. The summed E-state index contributed by atoms with van der Waals surface area (Å²) in [5.41, 5.74) is 1.18. The van der Waals surface area contributed by atoms with Crippen molar-refractivity contribution in [3.63, 3.8) is 0 Å². The van der Waals surface area contributed by atoms with E-state index in [9.17, 15) is 0 Å². The highest BCUT2D eigenvalue weighted by atomic mass is 16.5. The van der Waals surface area contributed by atoms with E-state index in [1.165, 1.54) is 57.1 Å². The zero-order valence-electron chi connectivity index (χ0n) is 18.9. The second-order valence-electron chi connectivity index (χ2n) is 8.73. The van der Waals surface area contributed by atoms with E-state index in [4.69, 9.17) is 9.47 Å². The third-order valence-electron chi connectivity index (χ3n) is 6.28. The van der Waals surface area contributed by atoms with Gasteiger partial charge in [-0.15, -0.1) is 0 Å². The van der Waals surface area contributed by atoms with Crippen molar-refractivity contribution in [2.24, 2.45) is 0 Å². The van der Waals surface area contributed by atoms with Crippen LogP contribution in [0.4, 0.5) is 0 Å². The minimum atomic E-state index is 0.594. The van der Waals surface area contributed by atoms with E-state index < -0.39 is 0 Å². The lowest BCUT2D eigenvalue weighted by Gasteiger charge is -2.39. The van der Waals surface area contributed by atoms with E-state index in [0.717, 1.165) is 36.6 Å². The van der Waals surface area contributed by atoms with Gasteiger partial charge < -0.3 is 9.47 Å². The summed E-state index contributed by atoms with van der Waals surface area (Å²) in [7, 11) is 0. The van der Waals surface area contributed by atoms with Gasteiger partial charge in [0.05, 0.1) is 6.61 Å². The summed E-state index contributed by atoms with van der Waals surface area (Å²) in [4.78, 5) is 2.72. The summed E-state index contributed by atoms with van der Waals surface area (Å²) in [5, 5.41) is 0. The Morgan fingerprint density at radius 1 is 0.733 bits per heavy atom. The lowest BCUT2D eigenvalue weighted by atomic mass is 9.97. The van der Waals surface area contributed by atoms with Crippen LogP contribution >= 0.6 is 0 Å². The van der Waals surface area contributed by atoms with Crippen molar-refractivity contribution < 1.29 is 9.47 Å². The molecule has 2 aromatic rings. The molecule has 3 nitrogen and oxygen atoms in total. The van der Waals surface area contributed by atoms with Crippen molar-refractivity contribution in [3.8, 4) is 11.5 Å². The van der Waals surface area contributed by atoms with Gasteiger partial charge >= 0.3 is 0 Å². The fourth-order valence-electron chi connectivity index (χ4n) is 4.41. The Morgan fingerprint density at radius 2 is 1.33 bits per heavy atom. The minimum Gasteiger partial charge on any atom is -0.494 e. The van der Waals surface area contributed by atoms with Gasteiger partial charge in [0.1, 0.15) is 18.1 Å². The van der Waals surface area contributed by atoms with Crippen LogP contribution in [-0.2, 0) is 6.61 Å². The van der Waals surface area contributed by atoms with Crippen LogP contribution in [0.5, 0.6) is 11.5 Å². The van der Waals surface area contributed by atoms with E-state index >= 15 is 0 Å². The molecule has 1 aliphatic heterocycles. The summed E-state index contributed by atoms with van der Waals surface area (Å²) in [6, 6.07) is 19.8. The number of likely N-dealkylation sites (tertiary alicyclic amines) is 1. The molecule has 0 N–H and O–H groups in total. The quantitative estimate of drug-likeness (QED) is 0.358. The largest absolute Gasteiger partial charge is 0.494 e. The van der Waals surface area contributed by atoms with Gasteiger partial charge in [-0.25, -0.2) is 0 Å². The molecule has 2 unspecified atom stereocenters. The van der Waals surface area contributed by atoms with Crippen molar-refractivity contribution in [1.82, 2.24) is 4.90 Å². The summed E-state index contributed by atoms with van der Waals surface area (Å²) >= 11 is 0. The second kappa shape index (κ2) is 12.6. The molecule has 0 saturated carbocycles. The Hall–Kier alpha value is -2.00. The Bertz CT molecular complexity index is 691. The smallest absolute Gasteiger partial charge is 0.120 e. The molecule has 0 radical (unpaired) electrons. The Kier molecular flexibility index (Phi) is 9.56. The highest BCUT2D eigenvalue weighted by Crippen LogP contribution is 2.23. The summed E-state index contributed by atoms with van der Waals surface area (Å²) < 4.78 is 11.7. The first kappa shape index (κ1) is 22.7. The number of hydrogen-bond acceptors (Lipinski definition) is 3. The standard InChI is InChI=1S/C27H39NO2/c1-23-12-11-13-24(2)28(23)20-9-4-3-5-10-21-29-26-16-18-27(19-17-26)30-22-25-14-7-6-8-15-25/h6-8,14-19,23-24H,3-5,9-13,20-22H2,1-2H3. The third kappa shape index (κ3) is 7.68. The van der Waals surface area contributed by atoms with Gasteiger partial charge in [-0.1, -0.05) is 56.0 Å². The predicted molar refractivity (Wildman–Crippen MR) is 125 cm³/mol. The fourth-order valence-corrected chi connectivity index (χ4v) is 4.41. The molecule has 3 rings (SSSR count). The molecule has 0 amide bonds. The SMILES string of the molecule is CC1CCCC(C)N1CCCCCCCOc1ccc(OCc2ccccc2)cc1. The van der Waals surface area contributed by atoms with Crippen LogP contribution in [0.1, 0.15) is 70.8 Å². The average molecular weight is 410 g/mol. The topological polar surface area (TPSA) is 21.7 Å². The van der Waals surface area contributed by atoms with E-state index in [2.05, 4.69) is 30.9 Å². The molecule has 0 spiro atoms. The lowest BCUT2D eigenvalue weighted by molar-refractivity contribution is 0.101. The van der Waals surface area contributed by atoms with Crippen LogP contribution in [-0.4, -0.2) is 30.1 Å². The first-order valence-electron chi connectivity index (χ1n) is 11.9. The van der Waals surface area contributed by atoms with Crippen molar-refractivity contribution in [3.05, 3.63) is 60.2 Å². The van der Waals surface area contributed by atoms with Gasteiger partial charge in [0.2, 0.25) is 0 Å². The molecule has 2 aromatic carbocycles. The van der Waals surface area contributed by atoms with Crippen molar-refractivity contribution in [2.45, 2.75) is 83.9 Å². The first-order valence-corrected chi connectivity index (χ1v) is 11.9. The number of piperidine rings is 1. The summed E-state index contributed by atoms with van der Waals surface area (Å²) in [6.07, 6.45) is 10.5. The number of rotatable bonds is 12. The lowest BCUT2D eigenvalue weighted by Crippen LogP contribution is -2.44. The van der Waals surface area contributed by atoms with Gasteiger partial charge in [-0.2, -0.15) is 0 Å². The van der Waals surface area contributed by atoms with Gasteiger partial charge in [0.15, 0.2) is 0 Å². The van der Waals surface area contributed by atoms with E-state index in [-0.39, 0.29) is 0 Å². The highest BCUT2D eigenvalue weighted by molar-refractivity contribution is 5.31. The van der Waals surface area contributed by atoms with Gasteiger partial charge in [0, 0.05) is 12.1 Å². The van der Waals surface area contributed by atoms with Crippen molar-refractivity contribution in [2.75, 3.05) is 13.2 Å². The van der Waals surface area contributed by atoms with Gasteiger partial charge in [-0.3, -0.25) is 4.90 Å². The Labute approximate surface area is 183 Å². The maximum Gasteiger partial charge on any atom is 0.120 e. The van der Waals surface area contributed by atoms with E-state index in [0.29, 0.717) is 6.61 Å². The minimum absolute atomic E-state index is 0.594. The Morgan fingerprint density at radius 3 is 2.03 bits per heavy atom. The molecule has 2 atom stereocenters. The van der Waals surface area contributed by atoms with E-state index in [1.54, 1.807) is 0 Å². The molecule has 0 aliphatic carbocycles. The number of nitrogens with zero attached hydrogens (tertiary/aromatic N) is 1. The van der Waals surface area contributed by atoms with Crippen LogP contribution in [0.2, 0.25) is 0 Å².